The van der Waals surface area contributed by atoms with Crippen LogP contribution in [0.5, 0.6) is 0 Å². The average molecular weight is 222 g/mol. The first kappa shape index (κ1) is 11.1. The van der Waals surface area contributed by atoms with E-state index in [1.807, 2.05) is 0 Å². The largest absolute Gasteiger partial charge is 0.328 e. The molecule has 0 bridgehead atoms. The molecule has 0 amide bonds. The minimum absolute atomic E-state index is 0.889. The molecule has 0 saturated heterocycles. The average Bonchev–Trinajstić information content (AvgIpc) is 1.78. The summed E-state index contributed by atoms with van der Waals surface area (Å²) in [6.45, 7) is 2.08. The Hall–Kier alpha value is 1.12. The normalized spacial score (nSPS) is 11.9. The lowest BCUT2D eigenvalue weighted by Gasteiger charge is -2.01. The van der Waals surface area contributed by atoms with Crippen LogP contribution in [0.2, 0.25) is 0 Å². The highest BCUT2D eigenvalue weighted by Crippen LogP contribution is 2.53. The first-order chi connectivity index (χ1) is 4.56. The van der Waals surface area contributed by atoms with E-state index in [4.69, 9.17) is 22.5 Å². The van der Waals surface area contributed by atoms with Crippen LogP contribution in [-0.2, 0) is 4.57 Å². The van der Waals surface area contributed by atoms with Crippen molar-refractivity contribution in [2.24, 2.45) is 0 Å². The molecule has 62 valence electrons. The fourth-order valence-electron chi connectivity index (χ4n) is 0.337. The molecular formula is C4H10Cl2NOPS. The van der Waals surface area contributed by atoms with Crippen LogP contribution >= 0.6 is 40.4 Å². The van der Waals surface area contributed by atoms with Crippen LogP contribution in [-0.4, -0.2) is 5.75 Å². The van der Waals surface area contributed by atoms with Crippen LogP contribution in [0.15, 0.2) is 0 Å². The minimum Gasteiger partial charge on any atom is -0.270 e. The van der Waals surface area contributed by atoms with Crippen molar-refractivity contribution in [3.63, 3.8) is 0 Å². The smallest absolute Gasteiger partial charge is 0.270 e. The lowest BCUT2D eigenvalue weighted by Crippen LogP contribution is -1.92. The highest BCUT2D eigenvalue weighted by molar-refractivity contribution is 8.16. The molecule has 0 spiro atoms. The molecule has 0 rings (SSSR count). The summed E-state index contributed by atoms with van der Waals surface area (Å²) in [5, 5.41) is 0. The molecule has 1 N–H and O–H groups in total. The van der Waals surface area contributed by atoms with Gasteiger partial charge in [0, 0.05) is 5.75 Å². The molecule has 0 aromatic heterocycles. The van der Waals surface area contributed by atoms with E-state index in [9.17, 15) is 4.57 Å². The summed E-state index contributed by atoms with van der Waals surface area (Å²) < 4.78 is 13.0. The van der Waals surface area contributed by atoms with Crippen molar-refractivity contribution in [1.82, 2.24) is 4.49 Å². The van der Waals surface area contributed by atoms with Crippen molar-refractivity contribution < 1.29 is 4.57 Å². The van der Waals surface area contributed by atoms with Gasteiger partial charge < -0.3 is 0 Å². The Morgan fingerprint density at radius 3 is 2.60 bits per heavy atom. The molecule has 0 unspecified atom stereocenters. The summed E-state index contributed by atoms with van der Waals surface area (Å²) in [6.07, 6.45) is 2.19. The van der Waals surface area contributed by atoms with Gasteiger partial charge in [-0.15, -0.1) is 0 Å². The maximum Gasteiger partial charge on any atom is 0.328 e. The Labute approximate surface area is 75.2 Å². The zero-order chi connectivity index (χ0) is 8.04. The third kappa shape index (κ3) is 9.12. The quantitative estimate of drug-likeness (QED) is 0.437. The molecule has 0 fully saturated rings. The number of halogens is 2. The Kier molecular flexibility index (Phi) is 6.37. The standard InChI is InChI=1S/C4H10Cl2NOPS/c1-2-3-4-10-7-9(5,6)8/h2-4H2,1H3,(H,7,8). The Bertz CT molecular complexity index is 128. The summed E-state index contributed by atoms with van der Waals surface area (Å²) in [6, 6.07) is 0. The second kappa shape index (κ2) is 5.73. The summed E-state index contributed by atoms with van der Waals surface area (Å²) in [7, 11) is 0. The first-order valence-corrected chi connectivity index (χ1v) is 7.45. The van der Waals surface area contributed by atoms with E-state index in [2.05, 4.69) is 11.4 Å². The Balaban J connectivity index is 3.13. The van der Waals surface area contributed by atoms with Crippen LogP contribution in [0.25, 0.3) is 0 Å². The molecular weight excluding hydrogens is 212 g/mol. The van der Waals surface area contributed by atoms with E-state index in [1.54, 1.807) is 0 Å². The lowest BCUT2D eigenvalue weighted by molar-refractivity contribution is 0.591. The zero-order valence-electron chi connectivity index (χ0n) is 5.64. The van der Waals surface area contributed by atoms with Crippen molar-refractivity contribution in [3.05, 3.63) is 0 Å². The second-order valence-corrected chi connectivity index (χ2v) is 7.48. The molecule has 0 aliphatic rings. The molecule has 0 saturated carbocycles. The van der Waals surface area contributed by atoms with Crippen molar-refractivity contribution in [3.8, 4) is 0 Å². The van der Waals surface area contributed by atoms with E-state index in [1.165, 1.54) is 11.9 Å². The fourth-order valence-corrected chi connectivity index (χ4v) is 2.61. The lowest BCUT2D eigenvalue weighted by atomic mass is 10.4. The van der Waals surface area contributed by atoms with Crippen LogP contribution in [0, 0.1) is 0 Å². The number of rotatable bonds is 5. The van der Waals surface area contributed by atoms with Crippen LogP contribution in [0.1, 0.15) is 19.8 Å². The minimum atomic E-state index is -3.05. The molecule has 10 heavy (non-hydrogen) atoms. The Morgan fingerprint density at radius 1 is 1.60 bits per heavy atom. The molecule has 0 radical (unpaired) electrons. The van der Waals surface area contributed by atoms with Gasteiger partial charge in [0.25, 0.3) is 0 Å². The molecule has 0 atom stereocenters. The summed E-state index contributed by atoms with van der Waals surface area (Å²) in [4.78, 5) is 0. The van der Waals surface area contributed by atoms with Crippen molar-refractivity contribution in [2.45, 2.75) is 19.8 Å². The van der Waals surface area contributed by atoms with E-state index in [-0.39, 0.29) is 0 Å². The maximum atomic E-state index is 10.6. The van der Waals surface area contributed by atoms with Crippen molar-refractivity contribution in [1.29, 1.82) is 0 Å². The molecule has 0 heterocycles. The zero-order valence-corrected chi connectivity index (χ0v) is 8.86. The number of nitrogens with one attached hydrogen (secondary N) is 1. The SMILES string of the molecule is CCCCSNP(=O)(Cl)Cl. The van der Waals surface area contributed by atoms with Gasteiger partial charge in [0.1, 0.15) is 0 Å². The van der Waals surface area contributed by atoms with E-state index in [0.29, 0.717) is 0 Å². The fraction of sp³-hybridized carbons (Fsp3) is 1.00. The van der Waals surface area contributed by atoms with Gasteiger partial charge in [0.05, 0.1) is 0 Å². The van der Waals surface area contributed by atoms with Crippen LogP contribution in [0.3, 0.4) is 0 Å². The summed E-state index contributed by atoms with van der Waals surface area (Å²) >= 11 is 11.7. The molecule has 0 aliphatic heterocycles. The predicted molar refractivity (Wildman–Crippen MR) is 49.8 cm³/mol. The number of hydrogen-bond acceptors (Lipinski definition) is 2. The predicted octanol–water partition coefficient (Wildman–Crippen LogP) is 3.61. The first-order valence-electron chi connectivity index (χ1n) is 2.94. The van der Waals surface area contributed by atoms with Gasteiger partial charge in [-0.25, -0.2) is 0 Å². The highest BCUT2D eigenvalue weighted by atomic mass is 35.9. The van der Waals surface area contributed by atoms with Gasteiger partial charge in [-0.05, 0) is 28.9 Å². The van der Waals surface area contributed by atoms with E-state index in [0.717, 1.165) is 18.6 Å². The van der Waals surface area contributed by atoms with Crippen LogP contribution in [0.4, 0.5) is 0 Å². The summed E-state index contributed by atoms with van der Waals surface area (Å²) in [5.74, 6) is -2.16. The third-order valence-electron chi connectivity index (χ3n) is 0.771. The van der Waals surface area contributed by atoms with Gasteiger partial charge >= 0.3 is 6.00 Å². The maximum absolute atomic E-state index is 10.6. The molecule has 0 aromatic carbocycles. The van der Waals surface area contributed by atoms with E-state index >= 15 is 0 Å². The van der Waals surface area contributed by atoms with Gasteiger partial charge in [-0.3, -0.25) is 4.57 Å². The number of hydrogen-bond donors (Lipinski definition) is 1. The third-order valence-corrected chi connectivity index (χ3v) is 3.87. The van der Waals surface area contributed by atoms with Crippen molar-refractivity contribution >= 4 is 40.4 Å². The van der Waals surface area contributed by atoms with Gasteiger partial charge in [-0.2, -0.15) is 4.49 Å². The number of unbranched alkanes of at least 4 members (excludes halogenated alkanes) is 1. The summed E-state index contributed by atoms with van der Waals surface area (Å²) in [5.41, 5.74) is 0. The van der Waals surface area contributed by atoms with E-state index < -0.39 is 6.00 Å². The highest BCUT2D eigenvalue weighted by Gasteiger charge is 2.10. The molecule has 2 nitrogen and oxygen atoms in total. The molecule has 0 aliphatic carbocycles. The van der Waals surface area contributed by atoms with Crippen LogP contribution < -0.4 is 4.49 Å². The van der Waals surface area contributed by atoms with Gasteiger partial charge in [0.2, 0.25) is 0 Å². The second-order valence-electron chi connectivity index (χ2n) is 1.76. The monoisotopic (exact) mass is 221 g/mol. The van der Waals surface area contributed by atoms with Gasteiger partial charge in [-0.1, -0.05) is 25.3 Å². The molecule has 6 heteroatoms. The van der Waals surface area contributed by atoms with Crippen molar-refractivity contribution in [2.75, 3.05) is 5.75 Å². The van der Waals surface area contributed by atoms with Gasteiger partial charge in [0.15, 0.2) is 0 Å². The Morgan fingerprint density at radius 2 is 2.20 bits per heavy atom. The topological polar surface area (TPSA) is 29.1 Å². The molecule has 0 aromatic rings.